The highest BCUT2D eigenvalue weighted by Gasteiger charge is 2.05. The number of methoxy groups -OCH3 is 1. The molecule has 0 amide bonds. The van der Waals surface area contributed by atoms with E-state index in [4.69, 9.17) is 9.84 Å². The molecule has 0 atom stereocenters. The molecule has 1 aromatic carbocycles. The van der Waals surface area contributed by atoms with Gasteiger partial charge in [-0.15, -0.1) is 0 Å². The predicted octanol–water partition coefficient (Wildman–Crippen LogP) is 1.67. The number of ether oxygens (including phenoxy) is 1. The van der Waals surface area contributed by atoms with Crippen LogP contribution in [0.25, 0.3) is 17.1 Å². The molecule has 0 fully saturated rings. The largest absolute Gasteiger partial charge is 0.494 e. The molecule has 1 heterocycles. The van der Waals surface area contributed by atoms with Gasteiger partial charge in [0, 0.05) is 6.08 Å². The topological polar surface area (TPSA) is 75.2 Å². The molecule has 0 spiro atoms. The molecule has 1 aromatic heterocycles. The van der Waals surface area contributed by atoms with E-state index in [1.807, 2.05) is 12.1 Å². The molecule has 2 rings (SSSR count). The first-order valence-corrected chi connectivity index (χ1v) is 4.64. The molecule has 5 heteroatoms. The first kappa shape index (κ1) is 10.2. The van der Waals surface area contributed by atoms with Crippen molar-refractivity contribution in [1.29, 1.82) is 0 Å². The smallest absolute Gasteiger partial charge is 0.328 e. The van der Waals surface area contributed by atoms with E-state index in [2.05, 4.69) is 9.97 Å². The number of nitrogens with one attached hydrogen (secondary N) is 1. The van der Waals surface area contributed by atoms with Crippen LogP contribution in [-0.2, 0) is 4.79 Å². The van der Waals surface area contributed by atoms with Gasteiger partial charge in [-0.3, -0.25) is 0 Å². The summed E-state index contributed by atoms with van der Waals surface area (Å²) in [7, 11) is 1.57. The maximum atomic E-state index is 10.4. The van der Waals surface area contributed by atoms with Gasteiger partial charge in [0.2, 0.25) is 0 Å². The van der Waals surface area contributed by atoms with E-state index in [9.17, 15) is 4.79 Å². The van der Waals surface area contributed by atoms with Crippen molar-refractivity contribution in [2.45, 2.75) is 0 Å². The Morgan fingerprint density at radius 3 is 3.06 bits per heavy atom. The van der Waals surface area contributed by atoms with Crippen molar-refractivity contribution in [2.75, 3.05) is 7.11 Å². The van der Waals surface area contributed by atoms with Gasteiger partial charge in [0.15, 0.2) is 0 Å². The molecular formula is C11H10N2O3. The molecule has 0 radical (unpaired) electrons. The fourth-order valence-corrected chi connectivity index (χ4v) is 1.42. The number of H-pyrrole nitrogens is 1. The number of rotatable bonds is 3. The summed E-state index contributed by atoms with van der Waals surface area (Å²) >= 11 is 0. The summed E-state index contributed by atoms with van der Waals surface area (Å²) in [5.74, 6) is 0.137. The Morgan fingerprint density at radius 2 is 2.38 bits per heavy atom. The second-order valence-electron chi connectivity index (χ2n) is 3.15. The number of hydrogen-bond acceptors (Lipinski definition) is 3. The van der Waals surface area contributed by atoms with E-state index in [-0.39, 0.29) is 0 Å². The SMILES string of the molecule is COc1cccc2[nH]c(/C=C/C(=O)O)nc12. The van der Waals surface area contributed by atoms with Gasteiger partial charge in [0.25, 0.3) is 0 Å². The number of imidazole rings is 1. The Kier molecular flexibility index (Phi) is 2.59. The van der Waals surface area contributed by atoms with Crippen LogP contribution in [-0.4, -0.2) is 28.2 Å². The number of carboxylic acid groups (broad SMARTS) is 1. The summed E-state index contributed by atoms with van der Waals surface area (Å²) in [5.41, 5.74) is 1.50. The number of aliphatic carboxylic acids is 1. The Labute approximate surface area is 91.4 Å². The van der Waals surface area contributed by atoms with Crippen LogP contribution in [0.2, 0.25) is 0 Å². The van der Waals surface area contributed by atoms with Gasteiger partial charge in [0.05, 0.1) is 12.6 Å². The van der Waals surface area contributed by atoms with Crippen LogP contribution in [0.1, 0.15) is 5.82 Å². The summed E-state index contributed by atoms with van der Waals surface area (Å²) in [4.78, 5) is 17.6. The normalized spacial score (nSPS) is 11.1. The number of carbonyl (C=O) groups is 1. The molecule has 2 aromatic rings. The van der Waals surface area contributed by atoms with Crippen LogP contribution in [0.4, 0.5) is 0 Å². The molecule has 0 aliphatic rings. The van der Waals surface area contributed by atoms with Crippen LogP contribution >= 0.6 is 0 Å². The third-order valence-corrected chi connectivity index (χ3v) is 2.10. The Hall–Kier alpha value is -2.30. The minimum absolute atomic E-state index is 0.488. The number of fused-ring (bicyclic) bond motifs is 1. The monoisotopic (exact) mass is 218 g/mol. The molecule has 0 saturated heterocycles. The average Bonchev–Trinajstić information content (AvgIpc) is 2.68. The zero-order valence-electron chi connectivity index (χ0n) is 8.60. The summed E-state index contributed by atoms with van der Waals surface area (Å²) < 4.78 is 5.14. The Balaban J connectivity index is 2.47. The van der Waals surface area contributed by atoms with Gasteiger partial charge in [-0.1, -0.05) is 6.07 Å². The van der Waals surface area contributed by atoms with E-state index in [0.717, 1.165) is 11.6 Å². The highest BCUT2D eigenvalue weighted by atomic mass is 16.5. The van der Waals surface area contributed by atoms with Crippen LogP contribution in [0, 0.1) is 0 Å². The van der Waals surface area contributed by atoms with Crippen molar-refractivity contribution in [3.8, 4) is 5.75 Å². The maximum absolute atomic E-state index is 10.4. The molecule has 0 aliphatic carbocycles. The van der Waals surface area contributed by atoms with Gasteiger partial charge in [-0.05, 0) is 18.2 Å². The molecule has 82 valence electrons. The van der Waals surface area contributed by atoms with Crippen LogP contribution in [0.15, 0.2) is 24.3 Å². The summed E-state index contributed by atoms with van der Waals surface area (Å²) in [5, 5.41) is 8.50. The molecule has 0 unspecified atom stereocenters. The molecular weight excluding hydrogens is 208 g/mol. The molecule has 0 bridgehead atoms. The number of benzene rings is 1. The third-order valence-electron chi connectivity index (χ3n) is 2.10. The maximum Gasteiger partial charge on any atom is 0.328 e. The van der Waals surface area contributed by atoms with Crippen molar-refractivity contribution < 1.29 is 14.6 Å². The summed E-state index contributed by atoms with van der Waals surface area (Å²) in [6, 6.07) is 5.49. The zero-order valence-corrected chi connectivity index (χ0v) is 8.60. The second-order valence-corrected chi connectivity index (χ2v) is 3.15. The lowest BCUT2D eigenvalue weighted by atomic mass is 10.3. The molecule has 5 nitrogen and oxygen atoms in total. The highest BCUT2D eigenvalue weighted by Crippen LogP contribution is 2.23. The van der Waals surface area contributed by atoms with E-state index < -0.39 is 5.97 Å². The van der Waals surface area contributed by atoms with Crippen molar-refractivity contribution in [3.05, 3.63) is 30.1 Å². The third kappa shape index (κ3) is 1.88. The minimum atomic E-state index is -1.01. The molecule has 16 heavy (non-hydrogen) atoms. The number of para-hydroxylation sites is 1. The lowest BCUT2D eigenvalue weighted by Crippen LogP contribution is -1.86. The zero-order chi connectivity index (χ0) is 11.5. The molecule has 2 N–H and O–H groups in total. The Morgan fingerprint density at radius 1 is 1.56 bits per heavy atom. The summed E-state index contributed by atoms with van der Waals surface area (Å²) in [6.45, 7) is 0. The predicted molar refractivity (Wildman–Crippen MR) is 59.3 cm³/mol. The number of aromatic amines is 1. The number of carboxylic acids is 1. The van der Waals surface area contributed by atoms with Gasteiger partial charge in [-0.2, -0.15) is 0 Å². The number of hydrogen-bond donors (Lipinski definition) is 2. The van der Waals surface area contributed by atoms with E-state index >= 15 is 0 Å². The van der Waals surface area contributed by atoms with E-state index in [0.29, 0.717) is 17.1 Å². The minimum Gasteiger partial charge on any atom is -0.494 e. The number of aromatic nitrogens is 2. The summed E-state index contributed by atoms with van der Waals surface area (Å²) in [6.07, 6.45) is 2.44. The molecule has 0 saturated carbocycles. The fourth-order valence-electron chi connectivity index (χ4n) is 1.42. The highest BCUT2D eigenvalue weighted by molar-refractivity contribution is 5.87. The van der Waals surface area contributed by atoms with Gasteiger partial charge in [-0.25, -0.2) is 9.78 Å². The van der Waals surface area contributed by atoms with Crippen molar-refractivity contribution in [2.24, 2.45) is 0 Å². The van der Waals surface area contributed by atoms with Gasteiger partial charge < -0.3 is 14.8 Å². The molecule has 0 aliphatic heterocycles. The van der Waals surface area contributed by atoms with Crippen LogP contribution < -0.4 is 4.74 Å². The van der Waals surface area contributed by atoms with Crippen molar-refractivity contribution >= 4 is 23.1 Å². The average molecular weight is 218 g/mol. The number of nitrogens with zero attached hydrogens (tertiary/aromatic N) is 1. The Bertz CT molecular complexity index is 557. The van der Waals surface area contributed by atoms with Crippen LogP contribution in [0.5, 0.6) is 5.75 Å². The fraction of sp³-hybridized carbons (Fsp3) is 0.0909. The second kappa shape index (κ2) is 4.06. The van der Waals surface area contributed by atoms with E-state index in [1.165, 1.54) is 6.08 Å². The first-order valence-electron chi connectivity index (χ1n) is 4.64. The van der Waals surface area contributed by atoms with E-state index in [1.54, 1.807) is 13.2 Å². The lowest BCUT2D eigenvalue weighted by Gasteiger charge is -1.97. The van der Waals surface area contributed by atoms with Crippen molar-refractivity contribution in [1.82, 2.24) is 9.97 Å². The van der Waals surface area contributed by atoms with Crippen molar-refractivity contribution in [3.63, 3.8) is 0 Å². The van der Waals surface area contributed by atoms with Crippen LogP contribution in [0.3, 0.4) is 0 Å². The standard InChI is InChI=1S/C11H10N2O3/c1-16-8-4-2-3-7-11(8)13-9(12-7)5-6-10(14)15/h2-6H,1H3,(H,12,13)(H,14,15)/b6-5+. The van der Waals surface area contributed by atoms with Gasteiger partial charge in [0.1, 0.15) is 17.1 Å². The first-order chi connectivity index (χ1) is 7.70. The van der Waals surface area contributed by atoms with Gasteiger partial charge >= 0.3 is 5.97 Å². The quantitative estimate of drug-likeness (QED) is 0.768. The lowest BCUT2D eigenvalue weighted by molar-refractivity contribution is -0.131.